The number of anilines is 1. The molecule has 2 aromatic rings. The zero-order valence-electron chi connectivity index (χ0n) is 17.4. The fourth-order valence-electron chi connectivity index (χ4n) is 3.55. The molecule has 154 valence electrons. The second-order valence-electron chi connectivity index (χ2n) is 8.65. The van der Waals surface area contributed by atoms with Crippen LogP contribution in [-0.2, 0) is 9.59 Å². The van der Waals surface area contributed by atoms with Crippen LogP contribution in [0.1, 0.15) is 39.3 Å². The van der Waals surface area contributed by atoms with Crippen LogP contribution in [0.4, 0.5) is 5.69 Å². The standard InChI is InChI=1S/C22H28N4O3/c1-14-11-18(27)25-19(23-14)15-7-5-9-17(12-15)24-20(28)16-8-6-10-26(13-16)21(29)22(2,3)4/h5,7,9,11-12,16H,6,8,10,13H2,1-4H3,(H,24,28)(H,23,25,27). The Labute approximate surface area is 170 Å². The summed E-state index contributed by atoms with van der Waals surface area (Å²) in [5.74, 6) is 0.201. The van der Waals surface area contributed by atoms with Crippen molar-refractivity contribution in [1.29, 1.82) is 0 Å². The third-order valence-corrected chi connectivity index (χ3v) is 4.99. The molecule has 1 aromatic heterocycles. The Morgan fingerprint density at radius 1 is 1.24 bits per heavy atom. The van der Waals surface area contributed by atoms with E-state index in [1.807, 2.05) is 32.9 Å². The van der Waals surface area contributed by atoms with Gasteiger partial charge < -0.3 is 15.2 Å². The molecule has 1 unspecified atom stereocenters. The number of nitrogens with one attached hydrogen (secondary N) is 2. The molecule has 1 saturated heterocycles. The van der Waals surface area contributed by atoms with Crippen molar-refractivity contribution in [2.75, 3.05) is 18.4 Å². The maximum absolute atomic E-state index is 12.8. The second-order valence-corrected chi connectivity index (χ2v) is 8.65. The molecule has 29 heavy (non-hydrogen) atoms. The first kappa shape index (κ1) is 20.8. The van der Waals surface area contributed by atoms with Gasteiger partial charge in [-0.2, -0.15) is 0 Å². The van der Waals surface area contributed by atoms with E-state index < -0.39 is 5.41 Å². The SMILES string of the molecule is Cc1cc(=O)[nH]c(-c2cccc(NC(=O)C3CCCN(C(=O)C(C)(C)C)C3)c2)n1. The average molecular weight is 396 g/mol. The predicted octanol–water partition coefficient (Wildman–Crippen LogP) is 2.97. The van der Waals surface area contributed by atoms with Crippen LogP contribution in [0.15, 0.2) is 35.1 Å². The number of piperidine rings is 1. The molecule has 0 radical (unpaired) electrons. The average Bonchev–Trinajstić information content (AvgIpc) is 2.66. The summed E-state index contributed by atoms with van der Waals surface area (Å²) in [6, 6.07) is 8.66. The number of benzene rings is 1. The number of likely N-dealkylation sites (tertiary alicyclic amines) is 1. The number of hydrogen-bond acceptors (Lipinski definition) is 4. The number of aromatic amines is 1. The molecular weight excluding hydrogens is 368 g/mol. The minimum Gasteiger partial charge on any atom is -0.341 e. The Kier molecular flexibility index (Phi) is 5.86. The van der Waals surface area contributed by atoms with Crippen molar-refractivity contribution in [3.63, 3.8) is 0 Å². The highest BCUT2D eigenvalue weighted by Gasteiger charge is 2.33. The van der Waals surface area contributed by atoms with Gasteiger partial charge in [0.05, 0.1) is 5.92 Å². The Morgan fingerprint density at radius 3 is 2.69 bits per heavy atom. The maximum atomic E-state index is 12.8. The van der Waals surface area contributed by atoms with Gasteiger partial charge in [-0.05, 0) is 31.9 Å². The van der Waals surface area contributed by atoms with Gasteiger partial charge >= 0.3 is 0 Å². The van der Waals surface area contributed by atoms with Gasteiger partial charge in [0, 0.05) is 41.5 Å². The number of aryl methyl sites for hydroxylation is 1. The van der Waals surface area contributed by atoms with Crippen molar-refractivity contribution >= 4 is 17.5 Å². The smallest absolute Gasteiger partial charge is 0.251 e. The Hall–Kier alpha value is -2.96. The first-order valence-electron chi connectivity index (χ1n) is 9.92. The third kappa shape index (κ3) is 5.10. The molecule has 0 bridgehead atoms. The van der Waals surface area contributed by atoms with Crippen molar-refractivity contribution in [1.82, 2.24) is 14.9 Å². The van der Waals surface area contributed by atoms with Crippen LogP contribution in [0.25, 0.3) is 11.4 Å². The first-order chi connectivity index (χ1) is 13.6. The van der Waals surface area contributed by atoms with E-state index in [1.165, 1.54) is 6.07 Å². The molecule has 1 fully saturated rings. The lowest BCUT2D eigenvalue weighted by molar-refractivity contribution is -0.142. The minimum atomic E-state index is -0.454. The summed E-state index contributed by atoms with van der Waals surface area (Å²) < 4.78 is 0. The fourth-order valence-corrected chi connectivity index (χ4v) is 3.55. The fraction of sp³-hybridized carbons (Fsp3) is 0.455. The van der Waals surface area contributed by atoms with Crippen molar-refractivity contribution in [3.05, 3.63) is 46.4 Å². The Balaban J connectivity index is 1.72. The summed E-state index contributed by atoms with van der Waals surface area (Å²) in [5.41, 5.74) is 1.31. The number of aromatic nitrogens is 2. The van der Waals surface area contributed by atoms with Crippen LogP contribution in [0.2, 0.25) is 0 Å². The Morgan fingerprint density at radius 2 is 2.00 bits per heavy atom. The van der Waals surface area contributed by atoms with Gasteiger partial charge in [0.2, 0.25) is 11.8 Å². The Bertz CT molecular complexity index is 975. The highest BCUT2D eigenvalue weighted by molar-refractivity contribution is 5.94. The van der Waals surface area contributed by atoms with Gasteiger partial charge in [0.1, 0.15) is 5.82 Å². The largest absolute Gasteiger partial charge is 0.341 e. The van der Waals surface area contributed by atoms with E-state index in [0.717, 1.165) is 18.4 Å². The minimum absolute atomic E-state index is 0.0754. The highest BCUT2D eigenvalue weighted by Crippen LogP contribution is 2.25. The predicted molar refractivity (Wildman–Crippen MR) is 112 cm³/mol. The van der Waals surface area contributed by atoms with E-state index in [9.17, 15) is 14.4 Å². The number of hydrogen-bond donors (Lipinski definition) is 2. The molecule has 7 heteroatoms. The molecule has 7 nitrogen and oxygen atoms in total. The zero-order valence-corrected chi connectivity index (χ0v) is 17.4. The van der Waals surface area contributed by atoms with Gasteiger partial charge in [-0.25, -0.2) is 4.98 Å². The molecule has 0 aliphatic carbocycles. The second kappa shape index (κ2) is 8.19. The van der Waals surface area contributed by atoms with Crippen LogP contribution in [0.3, 0.4) is 0 Å². The summed E-state index contributed by atoms with van der Waals surface area (Å²) >= 11 is 0. The van der Waals surface area contributed by atoms with Gasteiger partial charge in [0.15, 0.2) is 0 Å². The number of carbonyl (C=O) groups is 2. The quantitative estimate of drug-likeness (QED) is 0.834. The van der Waals surface area contributed by atoms with Crippen molar-refractivity contribution in [3.8, 4) is 11.4 Å². The monoisotopic (exact) mass is 396 g/mol. The molecule has 2 amide bonds. The number of nitrogens with zero attached hydrogens (tertiary/aromatic N) is 2. The van der Waals surface area contributed by atoms with E-state index in [-0.39, 0.29) is 23.3 Å². The van der Waals surface area contributed by atoms with Crippen LogP contribution in [0.5, 0.6) is 0 Å². The van der Waals surface area contributed by atoms with Gasteiger partial charge in [-0.15, -0.1) is 0 Å². The molecule has 1 atom stereocenters. The number of H-pyrrole nitrogens is 1. The van der Waals surface area contributed by atoms with Crippen LogP contribution < -0.4 is 10.9 Å². The van der Waals surface area contributed by atoms with E-state index >= 15 is 0 Å². The molecule has 2 heterocycles. The molecule has 3 rings (SSSR count). The van der Waals surface area contributed by atoms with E-state index in [4.69, 9.17) is 0 Å². The number of rotatable bonds is 3. The van der Waals surface area contributed by atoms with E-state index in [0.29, 0.717) is 30.3 Å². The van der Waals surface area contributed by atoms with Crippen molar-refractivity contribution < 1.29 is 9.59 Å². The molecule has 1 aliphatic rings. The topological polar surface area (TPSA) is 95.2 Å². The molecule has 0 spiro atoms. The third-order valence-electron chi connectivity index (χ3n) is 4.99. The zero-order chi connectivity index (χ0) is 21.2. The van der Waals surface area contributed by atoms with E-state index in [1.54, 1.807) is 24.0 Å². The normalized spacial score (nSPS) is 17.1. The summed E-state index contributed by atoms with van der Waals surface area (Å²) in [7, 11) is 0. The van der Waals surface area contributed by atoms with Crippen LogP contribution in [-0.4, -0.2) is 39.8 Å². The van der Waals surface area contributed by atoms with Gasteiger partial charge in [-0.3, -0.25) is 14.4 Å². The number of carbonyl (C=O) groups excluding carboxylic acids is 2. The molecule has 1 aromatic carbocycles. The number of amides is 2. The van der Waals surface area contributed by atoms with Crippen LogP contribution in [0, 0.1) is 18.3 Å². The maximum Gasteiger partial charge on any atom is 0.251 e. The highest BCUT2D eigenvalue weighted by atomic mass is 16.2. The molecule has 1 aliphatic heterocycles. The first-order valence-corrected chi connectivity index (χ1v) is 9.92. The van der Waals surface area contributed by atoms with Crippen molar-refractivity contribution in [2.45, 2.75) is 40.5 Å². The lowest BCUT2D eigenvalue weighted by Crippen LogP contribution is -2.47. The lowest BCUT2D eigenvalue weighted by Gasteiger charge is -2.35. The molecular formula is C22H28N4O3. The van der Waals surface area contributed by atoms with Gasteiger partial charge in [-0.1, -0.05) is 32.9 Å². The van der Waals surface area contributed by atoms with E-state index in [2.05, 4.69) is 15.3 Å². The summed E-state index contributed by atoms with van der Waals surface area (Å²) in [6.45, 7) is 8.59. The summed E-state index contributed by atoms with van der Waals surface area (Å²) in [4.78, 5) is 46.0. The summed E-state index contributed by atoms with van der Waals surface area (Å²) in [6.07, 6.45) is 1.57. The molecule has 0 saturated carbocycles. The van der Waals surface area contributed by atoms with Gasteiger partial charge in [0.25, 0.3) is 5.56 Å². The summed E-state index contributed by atoms with van der Waals surface area (Å²) in [5, 5.41) is 2.95. The van der Waals surface area contributed by atoms with Crippen LogP contribution >= 0.6 is 0 Å². The van der Waals surface area contributed by atoms with Crippen molar-refractivity contribution in [2.24, 2.45) is 11.3 Å². The lowest BCUT2D eigenvalue weighted by atomic mass is 9.91. The molecule has 2 N–H and O–H groups in total.